The highest BCUT2D eigenvalue weighted by Gasteiger charge is 2.40. The van der Waals surface area contributed by atoms with Gasteiger partial charge in [0.25, 0.3) is 0 Å². The number of nitriles is 1. The highest BCUT2D eigenvalue weighted by Crippen LogP contribution is 2.42. The molecule has 1 aliphatic heterocycles. The van der Waals surface area contributed by atoms with E-state index in [4.69, 9.17) is 4.74 Å². The van der Waals surface area contributed by atoms with Crippen molar-refractivity contribution >= 4 is 45.3 Å². The number of hydrogen-bond donors (Lipinski definition) is 0. The molecule has 0 aliphatic carbocycles. The molecule has 1 amide bonds. The summed E-state index contributed by atoms with van der Waals surface area (Å²) in [6.07, 6.45) is 0.613. The lowest BCUT2D eigenvalue weighted by Gasteiger charge is -2.18. The van der Waals surface area contributed by atoms with Crippen molar-refractivity contribution in [2.24, 2.45) is 0 Å². The molecular weight excluding hydrogens is 380 g/mol. The van der Waals surface area contributed by atoms with Gasteiger partial charge in [-0.3, -0.25) is 9.69 Å². The fraction of sp³-hybridized carbons (Fsp3) is 0.312. The summed E-state index contributed by atoms with van der Waals surface area (Å²) in [4.78, 5) is 26.1. The normalized spacial score (nSPS) is 19.5. The van der Waals surface area contributed by atoms with Crippen LogP contribution in [0.4, 0.5) is 5.69 Å². The van der Waals surface area contributed by atoms with E-state index in [-0.39, 0.29) is 23.3 Å². The van der Waals surface area contributed by atoms with Gasteiger partial charge in [-0.2, -0.15) is 5.26 Å². The van der Waals surface area contributed by atoms with E-state index in [0.29, 0.717) is 17.1 Å². The molecule has 1 aromatic carbocycles. The summed E-state index contributed by atoms with van der Waals surface area (Å²) in [6.45, 7) is 3.74. The first-order chi connectivity index (χ1) is 11.0. The highest BCUT2D eigenvalue weighted by molar-refractivity contribution is 9.10. The molecule has 0 bridgehead atoms. The van der Waals surface area contributed by atoms with Gasteiger partial charge in [-0.25, -0.2) is 4.79 Å². The van der Waals surface area contributed by atoms with Gasteiger partial charge in [0, 0.05) is 10.2 Å². The Hall–Kier alpha value is -1.78. The summed E-state index contributed by atoms with van der Waals surface area (Å²) in [5, 5.41) is 9.39. The third-order valence-corrected chi connectivity index (χ3v) is 5.17. The van der Waals surface area contributed by atoms with E-state index < -0.39 is 5.97 Å². The second-order valence-corrected chi connectivity index (χ2v) is 6.78. The van der Waals surface area contributed by atoms with Crippen LogP contribution in [-0.2, 0) is 14.3 Å². The molecule has 0 N–H and O–H groups in total. The van der Waals surface area contributed by atoms with Crippen molar-refractivity contribution in [2.45, 2.75) is 25.5 Å². The zero-order valence-electron chi connectivity index (χ0n) is 12.7. The summed E-state index contributed by atoms with van der Waals surface area (Å²) in [7, 11) is 0. The lowest BCUT2D eigenvalue weighted by atomic mass is 10.2. The minimum absolute atomic E-state index is 0.133. The fourth-order valence-corrected chi connectivity index (χ4v) is 3.58. The molecule has 23 heavy (non-hydrogen) atoms. The first kappa shape index (κ1) is 17.6. The molecule has 1 saturated heterocycles. The molecule has 1 aliphatic rings. The molecule has 0 aromatic heterocycles. The number of nitrogens with zero attached hydrogens (tertiary/aromatic N) is 2. The van der Waals surface area contributed by atoms with Crippen LogP contribution in [0, 0.1) is 11.3 Å². The summed E-state index contributed by atoms with van der Waals surface area (Å²) in [5.41, 5.74) is 0.484. The number of amides is 1. The topological polar surface area (TPSA) is 70.4 Å². The number of carbonyl (C=O) groups is 2. The van der Waals surface area contributed by atoms with Crippen LogP contribution in [0.3, 0.4) is 0 Å². The molecule has 5 nitrogen and oxygen atoms in total. The lowest BCUT2D eigenvalue weighted by molar-refractivity contribution is -0.138. The summed E-state index contributed by atoms with van der Waals surface area (Å²) >= 11 is 4.58. The largest absolute Gasteiger partial charge is 0.462 e. The Bertz CT molecular complexity index is 694. The van der Waals surface area contributed by atoms with Crippen LogP contribution in [0.1, 0.15) is 20.3 Å². The van der Waals surface area contributed by atoms with Crippen LogP contribution >= 0.6 is 27.7 Å². The molecule has 120 valence electrons. The fourth-order valence-electron chi connectivity index (χ4n) is 2.13. The maximum atomic E-state index is 12.6. The van der Waals surface area contributed by atoms with Gasteiger partial charge in [-0.1, -0.05) is 34.6 Å². The standard InChI is InChI=1S/C16H15BrN2O3S/c1-3-13-14(20)19(11-7-5-10(17)6-8-11)15(23-13)12(9-18)16(21)22-4-2/h5-8,13H,3-4H2,1-2H3/b15-12+/t13-/m1/s1. The predicted molar refractivity (Wildman–Crippen MR) is 92.6 cm³/mol. The Kier molecular flexibility index (Phi) is 5.85. The Labute approximate surface area is 147 Å². The van der Waals surface area contributed by atoms with Gasteiger partial charge in [0.1, 0.15) is 11.1 Å². The Morgan fingerprint density at radius 1 is 1.39 bits per heavy atom. The number of anilines is 1. The molecule has 0 radical (unpaired) electrons. The van der Waals surface area contributed by atoms with Crippen LogP contribution in [0.15, 0.2) is 39.3 Å². The number of benzene rings is 1. The quantitative estimate of drug-likeness (QED) is 0.443. The number of thioether (sulfide) groups is 1. The van der Waals surface area contributed by atoms with Gasteiger partial charge in [-0.15, -0.1) is 0 Å². The Balaban J connectivity index is 2.54. The van der Waals surface area contributed by atoms with Gasteiger partial charge < -0.3 is 4.74 Å². The second-order valence-electron chi connectivity index (χ2n) is 4.68. The number of rotatable bonds is 4. The van der Waals surface area contributed by atoms with Crippen molar-refractivity contribution in [1.82, 2.24) is 0 Å². The van der Waals surface area contributed by atoms with E-state index >= 15 is 0 Å². The Morgan fingerprint density at radius 2 is 2.04 bits per heavy atom. The average Bonchev–Trinajstić information content (AvgIpc) is 2.86. The highest BCUT2D eigenvalue weighted by atomic mass is 79.9. The van der Waals surface area contributed by atoms with Crippen molar-refractivity contribution in [3.8, 4) is 6.07 Å². The van der Waals surface area contributed by atoms with Crippen LogP contribution in [0.5, 0.6) is 0 Å². The number of halogens is 1. The molecule has 0 saturated carbocycles. The van der Waals surface area contributed by atoms with Crippen molar-refractivity contribution < 1.29 is 14.3 Å². The number of hydrogen-bond acceptors (Lipinski definition) is 5. The molecule has 0 spiro atoms. The summed E-state index contributed by atoms with van der Waals surface area (Å²) < 4.78 is 5.82. The first-order valence-corrected chi connectivity index (χ1v) is 8.78. The third kappa shape index (κ3) is 3.59. The SMILES string of the molecule is CCOC(=O)/C(C#N)=C1/S[C@H](CC)C(=O)N1c1ccc(Br)cc1. The molecule has 7 heteroatoms. The number of esters is 1. The predicted octanol–water partition coefficient (Wildman–Crippen LogP) is 3.61. The van der Waals surface area contributed by atoms with Crippen LogP contribution in [0.2, 0.25) is 0 Å². The minimum Gasteiger partial charge on any atom is -0.462 e. The molecule has 1 fully saturated rings. The van der Waals surface area contributed by atoms with Gasteiger partial charge in [0.05, 0.1) is 11.9 Å². The molecule has 2 rings (SSSR count). The van der Waals surface area contributed by atoms with E-state index in [1.807, 2.05) is 13.0 Å². The van der Waals surface area contributed by atoms with E-state index in [1.54, 1.807) is 31.2 Å². The van der Waals surface area contributed by atoms with E-state index in [9.17, 15) is 14.9 Å². The summed E-state index contributed by atoms with van der Waals surface area (Å²) in [6, 6.07) is 9.03. The van der Waals surface area contributed by atoms with Crippen molar-refractivity contribution in [1.29, 1.82) is 5.26 Å². The Morgan fingerprint density at radius 3 is 2.57 bits per heavy atom. The van der Waals surface area contributed by atoms with E-state index in [2.05, 4.69) is 15.9 Å². The van der Waals surface area contributed by atoms with Crippen LogP contribution < -0.4 is 4.90 Å². The average molecular weight is 395 g/mol. The minimum atomic E-state index is -0.704. The van der Waals surface area contributed by atoms with Crippen LogP contribution in [-0.4, -0.2) is 23.7 Å². The van der Waals surface area contributed by atoms with Crippen molar-refractivity contribution in [3.05, 3.63) is 39.3 Å². The first-order valence-electron chi connectivity index (χ1n) is 7.11. The number of carbonyl (C=O) groups excluding carboxylic acids is 2. The van der Waals surface area contributed by atoms with Crippen molar-refractivity contribution in [3.63, 3.8) is 0 Å². The molecule has 1 heterocycles. The number of ether oxygens (including phenoxy) is 1. The van der Waals surface area contributed by atoms with Gasteiger partial charge in [-0.05, 0) is 37.6 Å². The maximum absolute atomic E-state index is 12.6. The lowest BCUT2D eigenvalue weighted by Crippen LogP contribution is -2.29. The summed E-state index contributed by atoms with van der Waals surface area (Å²) in [5.74, 6) is -0.837. The maximum Gasteiger partial charge on any atom is 0.351 e. The smallest absolute Gasteiger partial charge is 0.351 e. The molecule has 0 unspecified atom stereocenters. The third-order valence-electron chi connectivity index (χ3n) is 3.21. The molecular formula is C16H15BrN2O3S. The van der Waals surface area contributed by atoms with E-state index in [1.165, 1.54) is 16.7 Å². The zero-order chi connectivity index (χ0) is 17.0. The van der Waals surface area contributed by atoms with Gasteiger partial charge in [0.15, 0.2) is 5.57 Å². The second kappa shape index (κ2) is 7.66. The zero-order valence-corrected chi connectivity index (χ0v) is 15.1. The van der Waals surface area contributed by atoms with Gasteiger partial charge in [0.2, 0.25) is 5.91 Å². The monoisotopic (exact) mass is 394 g/mol. The van der Waals surface area contributed by atoms with Gasteiger partial charge >= 0.3 is 5.97 Å². The van der Waals surface area contributed by atoms with Crippen molar-refractivity contribution in [2.75, 3.05) is 11.5 Å². The molecule has 1 atom stereocenters. The van der Waals surface area contributed by atoms with Crippen LogP contribution in [0.25, 0.3) is 0 Å². The molecule has 1 aromatic rings. The van der Waals surface area contributed by atoms with E-state index in [0.717, 1.165) is 4.47 Å².